The van der Waals surface area contributed by atoms with Crippen LogP contribution in [0.4, 0.5) is 0 Å². The minimum absolute atomic E-state index is 0.0193. The molecule has 0 aliphatic carbocycles. The van der Waals surface area contributed by atoms with Gasteiger partial charge in [0.2, 0.25) is 0 Å². The van der Waals surface area contributed by atoms with Gasteiger partial charge in [0.15, 0.2) is 6.61 Å². The van der Waals surface area contributed by atoms with Crippen LogP contribution in [-0.2, 0) is 38.1 Å². The molecular weight excluding hydrogens is 817 g/mol. The van der Waals surface area contributed by atoms with E-state index in [0.717, 1.165) is 89.9 Å². The van der Waals surface area contributed by atoms with Crippen molar-refractivity contribution in [1.29, 1.82) is 0 Å². The van der Waals surface area contributed by atoms with E-state index in [9.17, 15) is 19.5 Å². The molecule has 0 aromatic heterocycles. The Balaban J connectivity index is 1.76. The molecule has 348 valence electrons. The van der Waals surface area contributed by atoms with Gasteiger partial charge in [0.05, 0.1) is 25.0 Å². The van der Waals surface area contributed by atoms with Gasteiger partial charge in [-0.15, -0.1) is 0 Å². The first-order valence-electron chi connectivity index (χ1n) is 23.7. The van der Waals surface area contributed by atoms with Crippen LogP contribution in [0.3, 0.4) is 0 Å². The lowest BCUT2D eigenvalue weighted by Gasteiger charge is -2.18. The second kappa shape index (κ2) is 38.8. The van der Waals surface area contributed by atoms with Gasteiger partial charge in [-0.05, 0) is 119 Å². The third kappa shape index (κ3) is 33.5. The summed E-state index contributed by atoms with van der Waals surface area (Å²) in [6, 6.07) is 0. The minimum atomic E-state index is -1.42. The third-order valence-corrected chi connectivity index (χ3v) is 9.57. The summed E-state index contributed by atoms with van der Waals surface area (Å²) in [4.78, 5) is 37.9. The standard InChI is InChI=1S/C56H70O9/c1-4-7-10-13-16-19-20-29-38-48(57)39-30-23-26-36-45-54(59)64-56(65-55(60)46-37-28-25-34-43-52-50(63-52)41-32-22-18-15-12-9-6-3)47-61-53(58)44-35-27-24-33-42-51-49(62-51)40-31-21-17-14-11-8-5-2/h8-9,11-18,48-52,56-57H,4-7,10,21-23,26,30-32,35-37,39-41,44-47H2,1-3H3/b11-8-,12-9-,16-13+,17-14-,18-15-/t48?,49-,50-,51-,52-,56-/m1/s1. The third-order valence-electron chi connectivity index (χ3n) is 9.57. The molecule has 2 aliphatic rings. The van der Waals surface area contributed by atoms with E-state index < -0.39 is 36.9 Å². The number of epoxide rings is 2. The zero-order valence-electron chi connectivity index (χ0n) is 39.0. The van der Waals surface area contributed by atoms with Crippen LogP contribution in [0.5, 0.6) is 0 Å². The Morgan fingerprint density at radius 1 is 0.600 bits per heavy atom. The maximum absolute atomic E-state index is 12.7. The molecular formula is C56H70O9. The Bertz CT molecular complexity index is 1950. The molecule has 0 saturated carbocycles. The fourth-order valence-electron chi connectivity index (χ4n) is 5.82. The van der Waals surface area contributed by atoms with Crippen LogP contribution < -0.4 is 0 Å². The number of aliphatic hydroxyl groups is 1. The van der Waals surface area contributed by atoms with Gasteiger partial charge in [-0.2, -0.15) is 0 Å². The smallest absolute Gasteiger partial charge is 0.309 e. The van der Waals surface area contributed by atoms with Gasteiger partial charge in [-0.25, -0.2) is 0 Å². The number of unbranched alkanes of at least 4 members (excludes halogenated alkanes) is 7. The molecule has 0 bridgehead atoms. The lowest BCUT2D eigenvalue weighted by molar-refractivity contribution is -0.199. The highest BCUT2D eigenvalue weighted by molar-refractivity contribution is 5.72. The lowest BCUT2D eigenvalue weighted by atomic mass is 10.1. The number of allylic oxidation sites excluding steroid dienone is 10. The van der Waals surface area contributed by atoms with E-state index in [1.165, 1.54) is 0 Å². The van der Waals surface area contributed by atoms with Gasteiger partial charge in [-0.3, -0.25) is 14.4 Å². The number of rotatable bonds is 30. The molecule has 0 amide bonds. The van der Waals surface area contributed by atoms with Crippen LogP contribution in [0.1, 0.15) is 156 Å². The lowest BCUT2D eigenvalue weighted by Crippen LogP contribution is -2.30. The zero-order valence-corrected chi connectivity index (χ0v) is 39.0. The van der Waals surface area contributed by atoms with Crippen LogP contribution in [0.25, 0.3) is 0 Å². The van der Waals surface area contributed by atoms with E-state index in [1.54, 1.807) is 6.08 Å². The van der Waals surface area contributed by atoms with Crippen LogP contribution in [0.15, 0.2) is 60.8 Å². The van der Waals surface area contributed by atoms with Crippen molar-refractivity contribution in [3.8, 4) is 71.0 Å². The fourth-order valence-corrected chi connectivity index (χ4v) is 5.82. The first kappa shape index (κ1) is 55.5. The Kier molecular flexibility index (Phi) is 33.1. The van der Waals surface area contributed by atoms with Crippen LogP contribution >= 0.6 is 0 Å². The molecule has 2 fully saturated rings. The number of ether oxygens (including phenoxy) is 5. The number of esters is 3. The zero-order chi connectivity index (χ0) is 46.8. The summed E-state index contributed by atoms with van der Waals surface area (Å²) in [5.41, 5.74) is 0. The summed E-state index contributed by atoms with van der Waals surface area (Å²) in [5, 5.41) is 10.1. The van der Waals surface area contributed by atoms with E-state index in [4.69, 9.17) is 23.7 Å². The second-order valence-electron chi connectivity index (χ2n) is 15.4. The maximum atomic E-state index is 12.7. The summed E-state index contributed by atoms with van der Waals surface area (Å²) in [6.07, 6.45) is 33.3. The van der Waals surface area contributed by atoms with E-state index in [2.05, 4.69) is 140 Å². The van der Waals surface area contributed by atoms with Crippen molar-refractivity contribution in [3.05, 3.63) is 60.8 Å². The highest BCUT2D eigenvalue weighted by Gasteiger charge is 2.37. The summed E-state index contributed by atoms with van der Waals surface area (Å²) in [5.74, 6) is 31.9. The molecule has 65 heavy (non-hydrogen) atoms. The van der Waals surface area contributed by atoms with Crippen LogP contribution in [0, 0.1) is 71.0 Å². The summed E-state index contributed by atoms with van der Waals surface area (Å²) >= 11 is 0. The molecule has 2 saturated heterocycles. The molecule has 6 atom stereocenters. The molecule has 0 aromatic rings. The summed E-state index contributed by atoms with van der Waals surface area (Å²) < 4.78 is 27.3. The van der Waals surface area contributed by atoms with Crippen molar-refractivity contribution in [1.82, 2.24) is 0 Å². The molecule has 0 radical (unpaired) electrons. The predicted molar refractivity (Wildman–Crippen MR) is 257 cm³/mol. The summed E-state index contributed by atoms with van der Waals surface area (Å²) in [7, 11) is 0. The SMILES string of the molecule is CC/C=C\C=C/CCC[C@H]1O[C@@H]1C#CC#CCCC(=O)OC[C@@H](OC(=O)CCC#CC#C[C@H]1O[C@@H]1CCC/C=C\C=C/CC)OC(=O)CCCCCCC(O)C#CC#C/C=C/CCCC. The van der Waals surface area contributed by atoms with Crippen molar-refractivity contribution in [2.45, 2.75) is 192 Å². The number of aliphatic hydroxyl groups excluding tert-OH is 1. The number of carbonyl (C=O) groups excluding carboxylic acids is 3. The highest BCUT2D eigenvalue weighted by Crippen LogP contribution is 2.27. The molecule has 2 aliphatic heterocycles. The Hall–Kier alpha value is -5.65. The average molecular weight is 887 g/mol. The van der Waals surface area contributed by atoms with Crippen LogP contribution in [0.2, 0.25) is 0 Å². The molecule has 0 spiro atoms. The minimum Gasteiger partial charge on any atom is -0.458 e. The first-order valence-corrected chi connectivity index (χ1v) is 23.7. The van der Waals surface area contributed by atoms with Gasteiger partial charge in [0, 0.05) is 19.3 Å². The monoisotopic (exact) mass is 887 g/mol. The molecule has 2 heterocycles. The quantitative estimate of drug-likeness (QED) is 0.0188. The van der Waals surface area contributed by atoms with Crippen molar-refractivity contribution < 1.29 is 43.2 Å². The topological polar surface area (TPSA) is 124 Å². The normalized spacial score (nSPS) is 17.8. The predicted octanol–water partition coefficient (Wildman–Crippen LogP) is 9.89. The number of carbonyl (C=O) groups is 3. The Morgan fingerprint density at radius 3 is 1.75 bits per heavy atom. The average Bonchev–Trinajstić information content (AvgIpc) is 4.23. The van der Waals surface area contributed by atoms with Crippen molar-refractivity contribution >= 4 is 17.9 Å². The molecule has 2 rings (SSSR count). The van der Waals surface area contributed by atoms with Crippen LogP contribution in [-0.4, -0.2) is 66.4 Å². The summed E-state index contributed by atoms with van der Waals surface area (Å²) in [6.45, 7) is 5.89. The van der Waals surface area contributed by atoms with E-state index in [0.29, 0.717) is 12.8 Å². The largest absolute Gasteiger partial charge is 0.458 e. The Morgan fingerprint density at radius 2 is 1.15 bits per heavy atom. The first-order chi connectivity index (χ1) is 31.9. The fraction of sp³-hybridized carbons (Fsp3) is 0.554. The van der Waals surface area contributed by atoms with Gasteiger partial charge in [-0.1, -0.05) is 137 Å². The maximum Gasteiger partial charge on any atom is 0.309 e. The molecule has 9 heteroatoms. The van der Waals surface area contributed by atoms with Crippen molar-refractivity contribution in [2.75, 3.05) is 6.61 Å². The van der Waals surface area contributed by atoms with E-state index in [-0.39, 0.29) is 56.5 Å². The highest BCUT2D eigenvalue weighted by atomic mass is 16.7. The molecule has 9 nitrogen and oxygen atoms in total. The van der Waals surface area contributed by atoms with Crippen molar-refractivity contribution in [2.24, 2.45) is 0 Å². The van der Waals surface area contributed by atoms with Gasteiger partial charge in [0.1, 0.15) is 18.3 Å². The van der Waals surface area contributed by atoms with Gasteiger partial charge >= 0.3 is 17.9 Å². The van der Waals surface area contributed by atoms with Gasteiger partial charge < -0.3 is 28.8 Å². The van der Waals surface area contributed by atoms with E-state index in [1.807, 2.05) is 6.08 Å². The molecule has 1 unspecified atom stereocenters. The second-order valence-corrected chi connectivity index (χ2v) is 15.4. The van der Waals surface area contributed by atoms with E-state index >= 15 is 0 Å². The molecule has 1 N–H and O–H groups in total. The number of hydrogen-bond donors (Lipinski definition) is 1. The van der Waals surface area contributed by atoms with Crippen molar-refractivity contribution in [3.63, 3.8) is 0 Å². The molecule has 0 aromatic carbocycles. The number of hydrogen-bond acceptors (Lipinski definition) is 9. The Labute approximate surface area is 390 Å². The van der Waals surface area contributed by atoms with Gasteiger partial charge in [0.25, 0.3) is 6.29 Å².